The molecule has 5 heteroatoms. The van der Waals surface area contributed by atoms with Gasteiger partial charge < -0.3 is 4.90 Å². The number of fused-ring (bicyclic) bond motifs is 2. The van der Waals surface area contributed by atoms with Crippen molar-refractivity contribution in [2.45, 2.75) is 50.0 Å². The minimum atomic E-state index is 0.662. The quantitative estimate of drug-likeness (QED) is 0.592. The molecule has 0 aliphatic carbocycles. The molecule has 106 valence electrons. The maximum absolute atomic E-state index is 4.64. The first-order chi connectivity index (χ1) is 9.38. The molecule has 3 nitrogen and oxygen atoms in total. The van der Waals surface area contributed by atoms with Gasteiger partial charge in [0.1, 0.15) is 5.03 Å². The van der Waals surface area contributed by atoms with Crippen molar-refractivity contribution in [1.82, 2.24) is 13.6 Å². The van der Waals surface area contributed by atoms with Gasteiger partial charge in [0, 0.05) is 19.0 Å². The summed E-state index contributed by atoms with van der Waals surface area (Å²) in [6, 6.07) is 0. The summed E-state index contributed by atoms with van der Waals surface area (Å²) < 4.78 is 9.19. The lowest BCUT2D eigenvalue weighted by molar-refractivity contribution is 0.269. The lowest BCUT2D eigenvalue weighted by atomic mass is 9.89. The van der Waals surface area contributed by atoms with Gasteiger partial charge in [-0.3, -0.25) is 0 Å². The van der Waals surface area contributed by atoms with E-state index in [0.717, 1.165) is 5.92 Å². The molecule has 0 aromatic carbocycles. The highest BCUT2D eigenvalue weighted by Crippen LogP contribution is 2.41. The molecule has 2 aliphatic rings. The lowest BCUT2D eigenvalue weighted by Gasteiger charge is -2.21. The Morgan fingerprint density at radius 1 is 1.32 bits per heavy atom. The molecule has 0 radical (unpaired) electrons. The monoisotopic (exact) mass is 297 g/mol. The highest BCUT2D eigenvalue weighted by molar-refractivity contribution is 7.99. The van der Waals surface area contributed by atoms with E-state index in [1.54, 1.807) is 0 Å². The molecule has 0 N–H and O–H groups in total. The molecule has 2 aliphatic heterocycles. The molecule has 0 spiro atoms. The Morgan fingerprint density at radius 3 is 3.11 bits per heavy atom. The number of aromatic nitrogens is 2. The molecule has 2 fully saturated rings. The second-order valence-corrected chi connectivity index (χ2v) is 7.39. The Kier molecular flexibility index (Phi) is 4.77. The second-order valence-electron chi connectivity index (χ2n) is 5.78. The molecule has 2 bridgehead atoms. The van der Waals surface area contributed by atoms with Gasteiger partial charge in [-0.05, 0) is 37.5 Å². The summed E-state index contributed by atoms with van der Waals surface area (Å²) in [6.07, 6.45) is 6.69. The summed E-state index contributed by atoms with van der Waals surface area (Å²) in [5.41, 5.74) is 1.32. The summed E-state index contributed by atoms with van der Waals surface area (Å²) in [5, 5.41) is 1.24. The van der Waals surface area contributed by atoms with E-state index in [4.69, 9.17) is 0 Å². The molecule has 1 aromatic rings. The standard InChI is InChI=1S/C14H23N3S2/c1-2-3-4-8-18-14-13(15-19-16-14)12-10-17-7-5-6-11(12)9-17/h11-12H,2-10H2,1H3/t11-,12-/m0/s1. The van der Waals surface area contributed by atoms with Gasteiger partial charge >= 0.3 is 0 Å². The Bertz CT molecular complexity index is 407. The maximum Gasteiger partial charge on any atom is 0.134 e. The first-order valence-electron chi connectivity index (χ1n) is 7.56. The van der Waals surface area contributed by atoms with Crippen molar-refractivity contribution in [2.24, 2.45) is 5.92 Å². The number of unbranched alkanes of at least 4 members (excludes halogenated alkanes) is 2. The van der Waals surface area contributed by atoms with Crippen molar-refractivity contribution >= 4 is 23.5 Å². The van der Waals surface area contributed by atoms with E-state index in [1.165, 1.54) is 79.9 Å². The third-order valence-corrected chi connectivity index (χ3v) is 6.11. The van der Waals surface area contributed by atoms with E-state index < -0.39 is 0 Å². The predicted octanol–water partition coefficient (Wildman–Crippen LogP) is 3.63. The van der Waals surface area contributed by atoms with Crippen molar-refractivity contribution in [1.29, 1.82) is 0 Å². The molecule has 2 saturated heterocycles. The molecular formula is C14H23N3S2. The van der Waals surface area contributed by atoms with Crippen molar-refractivity contribution in [3.05, 3.63) is 5.69 Å². The highest BCUT2D eigenvalue weighted by Gasteiger charge is 2.38. The van der Waals surface area contributed by atoms with Crippen LogP contribution in [0.5, 0.6) is 0 Å². The molecule has 3 atom stereocenters. The summed E-state index contributed by atoms with van der Waals surface area (Å²) >= 11 is 3.34. The van der Waals surface area contributed by atoms with Crippen LogP contribution < -0.4 is 0 Å². The lowest BCUT2D eigenvalue weighted by Crippen LogP contribution is -2.25. The van der Waals surface area contributed by atoms with E-state index in [9.17, 15) is 0 Å². The van der Waals surface area contributed by atoms with Crippen LogP contribution in [0, 0.1) is 5.92 Å². The Balaban J connectivity index is 1.63. The number of thioether (sulfide) groups is 1. The van der Waals surface area contributed by atoms with Gasteiger partial charge in [-0.15, -0.1) is 11.8 Å². The van der Waals surface area contributed by atoms with Crippen molar-refractivity contribution in [2.75, 3.05) is 25.4 Å². The largest absolute Gasteiger partial charge is 0.302 e. The topological polar surface area (TPSA) is 29.0 Å². The van der Waals surface area contributed by atoms with Crippen LogP contribution in [0.4, 0.5) is 0 Å². The summed E-state index contributed by atoms with van der Waals surface area (Å²) in [6.45, 7) is 6.07. The molecule has 19 heavy (non-hydrogen) atoms. The van der Waals surface area contributed by atoms with Crippen molar-refractivity contribution in [3.63, 3.8) is 0 Å². The molecule has 3 rings (SSSR count). The zero-order valence-electron chi connectivity index (χ0n) is 11.7. The van der Waals surface area contributed by atoms with Gasteiger partial charge in [-0.1, -0.05) is 19.8 Å². The van der Waals surface area contributed by atoms with Crippen LogP contribution in [0.1, 0.15) is 50.6 Å². The molecule has 0 amide bonds. The smallest absolute Gasteiger partial charge is 0.134 e. The molecular weight excluding hydrogens is 274 g/mol. The van der Waals surface area contributed by atoms with E-state index >= 15 is 0 Å². The van der Waals surface area contributed by atoms with Gasteiger partial charge in [0.05, 0.1) is 17.4 Å². The number of hydrogen-bond donors (Lipinski definition) is 0. The fourth-order valence-corrected chi connectivity index (χ4v) is 5.13. The minimum Gasteiger partial charge on any atom is -0.302 e. The van der Waals surface area contributed by atoms with Crippen LogP contribution in [0.25, 0.3) is 0 Å². The van der Waals surface area contributed by atoms with Crippen LogP contribution in [-0.2, 0) is 0 Å². The first-order valence-corrected chi connectivity index (χ1v) is 9.27. The molecule has 1 unspecified atom stereocenters. The second kappa shape index (κ2) is 6.55. The average molecular weight is 297 g/mol. The predicted molar refractivity (Wildman–Crippen MR) is 82.1 cm³/mol. The minimum absolute atomic E-state index is 0.662. The normalized spacial score (nSPS) is 29.8. The zero-order chi connectivity index (χ0) is 13.1. The van der Waals surface area contributed by atoms with Crippen LogP contribution in [0.15, 0.2) is 5.03 Å². The van der Waals surface area contributed by atoms with Gasteiger partial charge in [-0.25, -0.2) is 0 Å². The van der Waals surface area contributed by atoms with Crippen molar-refractivity contribution in [3.8, 4) is 0 Å². The van der Waals surface area contributed by atoms with Crippen LogP contribution >= 0.6 is 23.5 Å². The number of rotatable bonds is 6. The van der Waals surface area contributed by atoms with Gasteiger partial charge in [0.2, 0.25) is 0 Å². The first kappa shape index (κ1) is 13.8. The van der Waals surface area contributed by atoms with E-state index in [1.807, 2.05) is 11.8 Å². The number of piperidine rings is 1. The van der Waals surface area contributed by atoms with E-state index in [0.29, 0.717) is 5.92 Å². The molecule has 1 aromatic heterocycles. The summed E-state index contributed by atoms with van der Waals surface area (Å²) in [5.74, 6) is 2.70. The van der Waals surface area contributed by atoms with Gasteiger partial charge in [0.25, 0.3) is 0 Å². The van der Waals surface area contributed by atoms with E-state index in [-0.39, 0.29) is 0 Å². The number of nitrogens with zero attached hydrogens (tertiary/aromatic N) is 3. The Morgan fingerprint density at radius 2 is 2.26 bits per heavy atom. The fraction of sp³-hybridized carbons (Fsp3) is 0.857. The SMILES string of the molecule is CCCCCSc1nsnc1[C@H]1CN2CCC[C@H]1C2. The average Bonchev–Trinajstić information content (AvgIpc) is 2.99. The third-order valence-electron chi connectivity index (χ3n) is 4.39. The molecule has 0 saturated carbocycles. The summed E-state index contributed by atoms with van der Waals surface area (Å²) in [7, 11) is 0. The Hall–Kier alpha value is -0.130. The Labute approximate surface area is 124 Å². The van der Waals surface area contributed by atoms with Crippen molar-refractivity contribution < 1.29 is 0 Å². The van der Waals surface area contributed by atoms with Crippen LogP contribution in [0.3, 0.4) is 0 Å². The van der Waals surface area contributed by atoms with E-state index in [2.05, 4.69) is 20.6 Å². The van der Waals surface area contributed by atoms with Gasteiger partial charge in [-0.2, -0.15) is 8.75 Å². The fourth-order valence-electron chi connectivity index (χ4n) is 3.36. The van der Waals surface area contributed by atoms with Crippen LogP contribution in [-0.4, -0.2) is 39.0 Å². The van der Waals surface area contributed by atoms with Crippen LogP contribution in [0.2, 0.25) is 0 Å². The number of hydrogen-bond acceptors (Lipinski definition) is 5. The van der Waals surface area contributed by atoms with Gasteiger partial charge in [0.15, 0.2) is 0 Å². The maximum atomic E-state index is 4.64. The third kappa shape index (κ3) is 3.14. The molecule has 3 heterocycles. The zero-order valence-corrected chi connectivity index (χ0v) is 13.3. The summed E-state index contributed by atoms with van der Waals surface area (Å²) in [4.78, 5) is 2.61. The highest BCUT2D eigenvalue weighted by atomic mass is 32.2.